The molecule has 102 valence electrons. The minimum absolute atomic E-state index is 0.610. The van der Waals surface area contributed by atoms with Gasteiger partial charge in [-0.15, -0.1) is 5.10 Å². The van der Waals surface area contributed by atoms with E-state index in [4.69, 9.17) is 12.2 Å². The van der Waals surface area contributed by atoms with Gasteiger partial charge in [-0.3, -0.25) is 9.47 Å². The van der Waals surface area contributed by atoms with Crippen molar-refractivity contribution in [2.75, 3.05) is 31.6 Å². The number of aromatic amines is 1. The van der Waals surface area contributed by atoms with Gasteiger partial charge in [-0.25, -0.2) is 5.10 Å². The Bertz CT molecular complexity index is 438. The Labute approximate surface area is 114 Å². The van der Waals surface area contributed by atoms with Gasteiger partial charge >= 0.3 is 0 Å². The first-order valence-electron chi connectivity index (χ1n) is 6.77. The van der Waals surface area contributed by atoms with Crippen LogP contribution in [0.2, 0.25) is 0 Å². The smallest absolute Gasteiger partial charge is 0.225 e. The maximum atomic E-state index is 5.30. The molecule has 0 aliphatic carbocycles. The predicted octanol–water partition coefficient (Wildman–Crippen LogP) is 1.88. The zero-order valence-corrected chi connectivity index (χ0v) is 12.3. The van der Waals surface area contributed by atoms with E-state index in [1.54, 1.807) is 0 Å². The van der Waals surface area contributed by atoms with E-state index in [2.05, 4.69) is 45.5 Å². The van der Waals surface area contributed by atoms with Crippen LogP contribution in [0.5, 0.6) is 0 Å². The quantitative estimate of drug-likeness (QED) is 0.847. The van der Waals surface area contributed by atoms with Crippen molar-refractivity contribution in [3.05, 3.63) is 4.77 Å². The summed E-state index contributed by atoms with van der Waals surface area (Å²) in [6.45, 7) is 8.50. The molecule has 0 aromatic carbocycles. The lowest BCUT2D eigenvalue weighted by atomic mass is 10.1. The number of nitrogens with one attached hydrogen (secondary N) is 1. The topological polar surface area (TPSA) is 40.1 Å². The van der Waals surface area contributed by atoms with Crippen LogP contribution in [0.4, 0.5) is 5.95 Å². The molecule has 1 aliphatic heterocycles. The van der Waals surface area contributed by atoms with Crippen molar-refractivity contribution < 1.29 is 0 Å². The van der Waals surface area contributed by atoms with Crippen molar-refractivity contribution >= 4 is 18.2 Å². The summed E-state index contributed by atoms with van der Waals surface area (Å²) in [7, 11) is 2.20. The number of piperazine rings is 1. The number of anilines is 1. The molecule has 1 N–H and O–H groups in total. The summed E-state index contributed by atoms with van der Waals surface area (Å²) in [6, 6.07) is 0.610. The minimum Gasteiger partial charge on any atom is -0.338 e. The zero-order chi connectivity index (χ0) is 13.1. The van der Waals surface area contributed by atoms with Crippen LogP contribution in [-0.2, 0) is 6.54 Å². The Balaban J connectivity index is 2.19. The van der Waals surface area contributed by atoms with Crippen molar-refractivity contribution in [3.8, 4) is 0 Å². The van der Waals surface area contributed by atoms with Gasteiger partial charge in [0.25, 0.3) is 0 Å². The van der Waals surface area contributed by atoms with Gasteiger partial charge in [0.1, 0.15) is 0 Å². The maximum Gasteiger partial charge on any atom is 0.225 e. The Morgan fingerprint density at radius 2 is 2.17 bits per heavy atom. The second-order valence-electron chi connectivity index (χ2n) is 4.97. The normalized spacial score (nSPS) is 21.5. The van der Waals surface area contributed by atoms with Crippen LogP contribution in [-0.4, -0.2) is 52.4 Å². The molecule has 1 aromatic rings. The summed E-state index contributed by atoms with van der Waals surface area (Å²) < 4.78 is 2.85. The molecule has 1 atom stereocenters. The van der Waals surface area contributed by atoms with Gasteiger partial charge in [0, 0.05) is 32.2 Å². The van der Waals surface area contributed by atoms with E-state index >= 15 is 0 Å². The fourth-order valence-electron chi connectivity index (χ4n) is 2.54. The fourth-order valence-corrected chi connectivity index (χ4v) is 2.76. The molecule has 18 heavy (non-hydrogen) atoms. The highest BCUT2D eigenvalue weighted by Crippen LogP contribution is 2.18. The molecule has 0 radical (unpaired) electrons. The number of nitrogens with zero attached hydrogens (tertiary/aromatic N) is 4. The average Bonchev–Trinajstić information content (AvgIpc) is 2.73. The number of H-pyrrole nitrogens is 1. The van der Waals surface area contributed by atoms with E-state index in [1.807, 2.05) is 0 Å². The standard InChI is InChI=1S/C12H23N5S/c1-4-6-17-11(13-14-12(17)18)16-8-7-15(3)10(5-2)9-16/h10H,4-9H2,1-3H3,(H,14,18). The lowest BCUT2D eigenvalue weighted by molar-refractivity contribution is 0.211. The van der Waals surface area contributed by atoms with Crippen LogP contribution < -0.4 is 4.90 Å². The van der Waals surface area contributed by atoms with Crippen LogP contribution in [0.1, 0.15) is 26.7 Å². The van der Waals surface area contributed by atoms with Gasteiger partial charge in [0.2, 0.25) is 5.95 Å². The van der Waals surface area contributed by atoms with Crippen LogP contribution >= 0.6 is 12.2 Å². The maximum absolute atomic E-state index is 5.30. The summed E-state index contributed by atoms with van der Waals surface area (Å²) in [5.41, 5.74) is 0. The molecule has 0 amide bonds. The summed E-state index contributed by atoms with van der Waals surface area (Å²) in [4.78, 5) is 4.79. The first-order valence-corrected chi connectivity index (χ1v) is 7.18. The van der Waals surface area contributed by atoms with Gasteiger partial charge < -0.3 is 4.90 Å². The first kappa shape index (κ1) is 13.5. The Hall–Kier alpha value is -0.880. The fraction of sp³-hybridized carbons (Fsp3) is 0.833. The van der Waals surface area contributed by atoms with Crippen molar-refractivity contribution in [1.82, 2.24) is 19.7 Å². The Morgan fingerprint density at radius 3 is 2.83 bits per heavy atom. The zero-order valence-electron chi connectivity index (χ0n) is 11.5. The number of hydrogen-bond acceptors (Lipinski definition) is 4. The second kappa shape index (κ2) is 5.84. The molecule has 2 heterocycles. The molecule has 0 saturated carbocycles. The number of rotatable bonds is 4. The predicted molar refractivity (Wildman–Crippen MR) is 76.6 cm³/mol. The first-order chi connectivity index (χ1) is 8.67. The second-order valence-corrected chi connectivity index (χ2v) is 5.36. The minimum atomic E-state index is 0.610. The molecule has 1 aromatic heterocycles. The number of aromatic nitrogens is 3. The van der Waals surface area contributed by atoms with Gasteiger partial charge in [-0.2, -0.15) is 0 Å². The lowest BCUT2D eigenvalue weighted by Gasteiger charge is -2.39. The van der Waals surface area contributed by atoms with Crippen molar-refractivity contribution in [2.45, 2.75) is 39.3 Å². The summed E-state index contributed by atoms with van der Waals surface area (Å²) in [5.74, 6) is 1.01. The van der Waals surface area contributed by atoms with Crippen LogP contribution in [0, 0.1) is 4.77 Å². The van der Waals surface area contributed by atoms with Crippen molar-refractivity contribution in [2.24, 2.45) is 0 Å². The van der Waals surface area contributed by atoms with Crippen molar-refractivity contribution in [3.63, 3.8) is 0 Å². The number of likely N-dealkylation sites (N-methyl/N-ethyl adjacent to an activating group) is 1. The molecule has 1 saturated heterocycles. The summed E-state index contributed by atoms with van der Waals surface area (Å²) >= 11 is 5.30. The molecule has 6 heteroatoms. The van der Waals surface area contributed by atoms with Gasteiger partial charge in [-0.1, -0.05) is 13.8 Å². The highest BCUT2D eigenvalue weighted by atomic mass is 32.1. The van der Waals surface area contributed by atoms with Gasteiger partial charge in [-0.05, 0) is 32.1 Å². The third-order valence-corrected chi connectivity index (χ3v) is 4.03. The van der Waals surface area contributed by atoms with Crippen LogP contribution in [0.15, 0.2) is 0 Å². The number of hydrogen-bond donors (Lipinski definition) is 1. The van der Waals surface area contributed by atoms with E-state index in [1.165, 1.54) is 6.42 Å². The third kappa shape index (κ3) is 2.59. The third-order valence-electron chi connectivity index (χ3n) is 3.72. The van der Waals surface area contributed by atoms with Gasteiger partial charge in [0.05, 0.1) is 0 Å². The summed E-state index contributed by atoms with van der Waals surface area (Å²) in [5, 5.41) is 7.33. The van der Waals surface area contributed by atoms with Crippen LogP contribution in [0.3, 0.4) is 0 Å². The molecule has 0 bridgehead atoms. The van der Waals surface area contributed by atoms with Gasteiger partial charge in [0.15, 0.2) is 4.77 Å². The SMILES string of the molecule is CCCn1c(N2CCN(C)C(CC)C2)n[nH]c1=S. The molecule has 2 rings (SSSR count). The van der Waals surface area contributed by atoms with Crippen LogP contribution in [0.25, 0.3) is 0 Å². The van der Waals surface area contributed by atoms with E-state index in [-0.39, 0.29) is 0 Å². The average molecular weight is 269 g/mol. The van der Waals surface area contributed by atoms with E-state index in [0.29, 0.717) is 6.04 Å². The molecular formula is C12H23N5S. The van der Waals surface area contributed by atoms with E-state index in [0.717, 1.165) is 43.3 Å². The monoisotopic (exact) mass is 269 g/mol. The molecule has 0 spiro atoms. The van der Waals surface area contributed by atoms with Crippen molar-refractivity contribution in [1.29, 1.82) is 0 Å². The Kier molecular flexibility index (Phi) is 4.40. The molecule has 1 aliphatic rings. The van der Waals surface area contributed by atoms with E-state index < -0.39 is 0 Å². The van der Waals surface area contributed by atoms with E-state index in [9.17, 15) is 0 Å². The molecule has 5 nitrogen and oxygen atoms in total. The highest BCUT2D eigenvalue weighted by molar-refractivity contribution is 7.71. The molecule has 1 fully saturated rings. The summed E-state index contributed by atoms with van der Waals surface area (Å²) in [6.07, 6.45) is 2.25. The molecular weight excluding hydrogens is 246 g/mol. The highest BCUT2D eigenvalue weighted by Gasteiger charge is 2.25. The lowest BCUT2D eigenvalue weighted by Crippen LogP contribution is -2.52. The Morgan fingerprint density at radius 1 is 1.39 bits per heavy atom. The molecule has 1 unspecified atom stereocenters. The largest absolute Gasteiger partial charge is 0.338 e.